The van der Waals surface area contributed by atoms with E-state index in [4.69, 9.17) is 32.7 Å². The smallest absolute Gasteiger partial charge is 0.253 e. The van der Waals surface area contributed by atoms with Crippen molar-refractivity contribution in [3.8, 4) is 11.5 Å². The number of ether oxygens (including phenoxy) is 2. The van der Waals surface area contributed by atoms with Crippen LogP contribution in [0.15, 0.2) is 16.9 Å². The van der Waals surface area contributed by atoms with E-state index in [1.807, 2.05) is 26.8 Å². The summed E-state index contributed by atoms with van der Waals surface area (Å²) in [6.07, 6.45) is 4.03. The molecule has 1 aromatic heterocycles. The molecule has 9 heteroatoms. The van der Waals surface area contributed by atoms with Gasteiger partial charge in [0, 0.05) is 36.7 Å². The zero-order chi connectivity index (χ0) is 24.8. The SMILES string of the molecule is Cc1cc(C)c(CNC(=O)c2cc(Cl)c3c(c2Cl)OC(C)(C2CCC(N(C)C)CC2)O3)c(=O)[nH]1. The molecule has 0 spiro atoms. The number of H-pyrrole nitrogens is 1. The molecular weight excluding hydrogens is 477 g/mol. The standard InChI is InChI=1S/C25H31Cl2N3O4/c1-13-10-14(2)29-24(32)18(13)12-28-23(31)17-11-19(26)21-22(20(17)27)34-25(3,33-21)15-6-8-16(9-7-15)30(4)5/h10-11,15-16H,6-9,12H2,1-5H3,(H,28,31)(H,29,32). The monoisotopic (exact) mass is 507 g/mol. The minimum Gasteiger partial charge on any atom is -0.447 e. The minimum atomic E-state index is -0.895. The fraction of sp³-hybridized carbons (Fsp3) is 0.520. The van der Waals surface area contributed by atoms with Gasteiger partial charge in [-0.05, 0) is 71.3 Å². The van der Waals surface area contributed by atoms with E-state index in [1.165, 1.54) is 6.07 Å². The molecule has 4 rings (SSSR count). The van der Waals surface area contributed by atoms with Crippen LogP contribution in [-0.2, 0) is 6.54 Å². The Morgan fingerprint density at radius 3 is 2.41 bits per heavy atom. The van der Waals surface area contributed by atoms with Gasteiger partial charge in [-0.15, -0.1) is 0 Å². The van der Waals surface area contributed by atoms with Crippen molar-refractivity contribution >= 4 is 29.1 Å². The first-order valence-corrected chi connectivity index (χ1v) is 12.3. The first-order chi connectivity index (χ1) is 16.0. The Morgan fingerprint density at radius 1 is 1.15 bits per heavy atom. The van der Waals surface area contributed by atoms with Crippen molar-refractivity contribution in [2.24, 2.45) is 5.92 Å². The van der Waals surface area contributed by atoms with Gasteiger partial charge in [0.15, 0.2) is 11.5 Å². The van der Waals surface area contributed by atoms with E-state index in [1.54, 1.807) is 0 Å². The van der Waals surface area contributed by atoms with Crippen LogP contribution in [0, 0.1) is 19.8 Å². The molecule has 0 bridgehead atoms. The lowest BCUT2D eigenvalue weighted by molar-refractivity contribution is -0.123. The quantitative estimate of drug-likeness (QED) is 0.604. The van der Waals surface area contributed by atoms with E-state index in [-0.39, 0.29) is 33.6 Å². The fourth-order valence-corrected chi connectivity index (χ4v) is 5.51. The highest BCUT2D eigenvalue weighted by atomic mass is 35.5. The van der Waals surface area contributed by atoms with Crippen LogP contribution in [0.25, 0.3) is 0 Å². The molecule has 1 aliphatic carbocycles. The van der Waals surface area contributed by atoms with Gasteiger partial charge in [0.05, 0.1) is 15.6 Å². The van der Waals surface area contributed by atoms with Gasteiger partial charge in [0.2, 0.25) is 0 Å². The molecule has 7 nitrogen and oxygen atoms in total. The molecule has 0 saturated heterocycles. The van der Waals surface area contributed by atoms with E-state index < -0.39 is 11.7 Å². The summed E-state index contributed by atoms with van der Waals surface area (Å²) in [5.74, 6) is -0.504. The summed E-state index contributed by atoms with van der Waals surface area (Å²) in [4.78, 5) is 30.3. The number of amides is 1. The molecule has 2 heterocycles. The van der Waals surface area contributed by atoms with Gasteiger partial charge in [0.1, 0.15) is 0 Å². The number of fused-ring (bicyclic) bond motifs is 1. The number of aromatic nitrogens is 1. The molecule has 2 aromatic rings. The lowest BCUT2D eigenvalue weighted by Gasteiger charge is -2.39. The van der Waals surface area contributed by atoms with Crippen LogP contribution < -0.4 is 20.3 Å². The van der Waals surface area contributed by atoms with E-state index in [2.05, 4.69) is 29.3 Å². The number of hydrogen-bond donors (Lipinski definition) is 2. The number of carbonyl (C=O) groups is 1. The van der Waals surface area contributed by atoms with Crippen LogP contribution in [0.2, 0.25) is 10.0 Å². The van der Waals surface area contributed by atoms with Crippen molar-refractivity contribution in [1.29, 1.82) is 0 Å². The average molecular weight is 508 g/mol. The highest BCUT2D eigenvalue weighted by Crippen LogP contribution is 2.53. The Bertz CT molecular complexity index is 1170. The van der Waals surface area contributed by atoms with Gasteiger partial charge < -0.3 is 24.7 Å². The molecule has 1 amide bonds. The molecule has 1 unspecified atom stereocenters. The van der Waals surface area contributed by atoms with Crippen molar-refractivity contribution < 1.29 is 14.3 Å². The average Bonchev–Trinajstić information content (AvgIpc) is 3.15. The van der Waals surface area contributed by atoms with E-state index in [0.717, 1.165) is 36.9 Å². The van der Waals surface area contributed by atoms with Gasteiger partial charge in [-0.25, -0.2) is 0 Å². The lowest BCUT2D eigenvalue weighted by atomic mass is 9.81. The third kappa shape index (κ3) is 4.66. The van der Waals surface area contributed by atoms with Crippen molar-refractivity contribution in [1.82, 2.24) is 15.2 Å². The second-order valence-electron chi connectivity index (χ2n) is 9.69. The van der Waals surface area contributed by atoms with E-state index in [0.29, 0.717) is 23.1 Å². The number of rotatable bonds is 5. The number of halogens is 2. The number of nitrogens with zero attached hydrogens (tertiary/aromatic N) is 1. The maximum absolute atomic E-state index is 13.0. The van der Waals surface area contributed by atoms with Gasteiger partial charge in [0.25, 0.3) is 17.3 Å². The fourth-order valence-electron chi connectivity index (χ4n) is 5.01. The summed E-state index contributed by atoms with van der Waals surface area (Å²) < 4.78 is 12.5. The zero-order valence-electron chi connectivity index (χ0n) is 20.2. The molecule has 1 aromatic carbocycles. The molecule has 184 valence electrons. The zero-order valence-corrected chi connectivity index (χ0v) is 21.7. The summed E-state index contributed by atoms with van der Waals surface area (Å²) in [7, 11) is 4.21. The van der Waals surface area contributed by atoms with Gasteiger partial charge in [-0.2, -0.15) is 0 Å². The lowest BCUT2D eigenvalue weighted by Crippen LogP contribution is -2.46. The highest BCUT2D eigenvalue weighted by Gasteiger charge is 2.47. The number of aromatic amines is 1. The number of carbonyl (C=O) groups excluding carboxylic acids is 1. The molecule has 0 radical (unpaired) electrons. The van der Waals surface area contributed by atoms with Gasteiger partial charge in [-0.1, -0.05) is 23.2 Å². The van der Waals surface area contributed by atoms with E-state index in [9.17, 15) is 9.59 Å². The van der Waals surface area contributed by atoms with Crippen molar-refractivity contribution in [2.75, 3.05) is 14.1 Å². The minimum absolute atomic E-state index is 0.0650. The molecular formula is C25H31Cl2N3O4. The molecule has 2 aliphatic rings. The first kappa shape index (κ1) is 24.9. The number of hydrogen-bond acceptors (Lipinski definition) is 5. The maximum atomic E-state index is 13.0. The third-order valence-corrected chi connectivity index (χ3v) is 7.73. The van der Waals surface area contributed by atoms with Crippen LogP contribution >= 0.6 is 23.2 Å². The second-order valence-corrected chi connectivity index (χ2v) is 10.5. The Balaban J connectivity index is 1.52. The normalized spacial score (nSPS) is 23.9. The second kappa shape index (κ2) is 9.44. The molecule has 1 aliphatic heterocycles. The molecule has 1 fully saturated rings. The topological polar surface area (TPSA) is 83.7 Å². The highest BCUT2D eigenvalue weighted by molar-refractivity contribution is 6.38. The number of benzene rings is 1. The predicted octanol–water partition coefficient (Wildman–Crippen LogP) is 4.84. The van der Waals surface area contributed by atoms with Crippen LogP contribution in [-0.4, -0.2) is 41.7 Å². The summed E-state index contributed by atoms with van der Waals surface area (Å²) in [6.45, 7) is 5.62. The summed E-state index contributed by atoms with van der Waals surface area (Å²) >= 11 is 13.1. The van der Waals surface area contributed by atoms with Crippen LogP contribution in [0.4, 0.5) is 0 Å². The summed E-state index contributed by atoms with van der Waals surface area (Å²) in [5.41, 5.74) is 2.00. The molecule has 1 atom stereocenters. The third-order valence-electron chi connectivity index (χ3n) is 7.07. The number of nitrogens with one attached hydrogen (secondary N) is 2. The molecule has 2 N–H and O–H groups in total. The summed E-state index contributed by atoms with van der Waals surface area (Å²) in [5, 5.41) is 3.19. The van der Waals surface area contributed by atoms with Crippen molar-refractivity contribution in [3.05, 3.63) is 54.9 Å². The van der Waals surface area contributed by atoms with Gasteiger partial charge >= 0.3 is 0 Å². The van der Waals surface area contributed by atoms with Crippen molar-refractivity contribution in [2.45, 2.75) is 64.8 Å². The summed E-state index contributed by atoms with van der Waals surface area (Å²) in [6, 6.07) is 3.90. The Morgan fingerprint density at radius 2 is 1.79 bits per heavy atom. The van der Waals surface area contributed by atoms with Crippen LogP contribution in [0.3, 0.4) is 0 Å². The van der Waals surface area contributed by atoms with Crippen LogP contribution in [0.1, 0.15) is 59.8 Å². The Kier molecular flexibility index (Phi) is 6.91. The Hall–Kier alpha value is -2.22. The number of pyridine rings is 1. The van der Waals surface area contributed by atoms with Crippen LogP contribution in [0.5, 0.6) is 11.5 Å². The van der Waals surface area contributed by atoms with E-state index >= 15 is 0 Å². The maximum Gasteiger partial charge on any atom is 0.253 e. The predicted molar refractivity (Wildman–Crippen MR) is 133 cm³/mol. The first-order valence-electron chi connectivity index (χ1n) is 11.5. The number of aryl methyl sites for hydroxylation is 2. The molecule has 34 heavy (non-hydrogen) atoms. The van der Waals surface area contributed by atoms with Crippen molar-refractivity contribution in [3.63, 3.8) is 0 Å². The molecule has 1 saturated carbocycles. The Labute approximate surface area is 209 Å². The largest absolute Gasteiger partial charge is 0.447 e. The van der Waals surface area contributed by atoms with Gasteiger partial charge in [-0.3, -0.25) is 9.59 Å².